The second-order valence-corrected chi connectivity index (χ2v) is 6.04. The summed E-state index contributed by atoms with van der Waals surface area (Å²) >= 11 is 24.7. The normalized spacial score (nSPS) is 12.2. The summed E-state index contributed by atoms with van der Waals surface area (Å²) in [5.41, 5.74) is -0.415. The number of benzene rings is 1. The molecule has 0 saturated heterocycles. The van der Waals surface area contributed by atoms with E-state index in [9.17, 15) is 13.2 Å². The molecular weight excluding hydrogens is 395 g/mol. The van der Waals surface area contributed by atoms with Gasteiger partial charge in [-0.05, 0) is 6.26 Å². The Balaban J connectivity index is 2.87. The molecular formula is C10H5Cl4F3N2OS. The first kappa shape index (κ1) is 17.1. The first-order chi connectivity index (χ1) is 9.70. The molecule has 0 saturated carbocycles. The maximum absolute atomic E-state index is 13.1. The van der Waals surface area contributed by atoms with Crippen molar-refractivity contribution >= 4 is 69.2 Å². The van der Waals surface area contributed by atoms with Crippen molar-refractivity contribution in [3.63, 3.8) is 0 Å². The maximum Gasteiger partial charge on any atom is 0.453 e. The summed E-state index contributed by atoms with van der Waals surface area (Å²) in [6.45, 7) is 0. The molecule has 0 aliphatic heterocycles. The second-order valence-electron chi connectivity index (χ2n) is 3.72. The average Bonchev–Trinajstić information content (AvgIpc) is 2.80. The van der Waals surface area contributed by atoms with Crippen LogP contribution in [-0.2, 0) is 6.18 Å². The monoisotopic (exact) mass is 398 g/mol. The fourth-order valence-corrected chi connectivity index (χ4v) is 2.73. The largest absolute Gasteiger partial charge is 0.453 e. The van der Waals surface area contributed by atoms with Crippen molar-refractivity contribution in [2.24, 2.45) is 0 Å². The van der Waals surface area contributed by atoms with Gasteiger partial charge in [0.05, 0.1) is 20.1 Å². The van der Waals surface area contributed by atoms with Gasteiger partial charge in [-0.25, -0.2) is 4.98 Å². The zero-order valence-electron chi connectivity index (χ0n) is 10.1. The third kappa shape index (κ3) is 2.99. The van der Waals surface area contributed by atoms with Crippen LogP contribution >= 0.6 is 58.2 Å². The van der Waals surface area contributed by atoms with E-state index in [0.717, 1.165) is 0 Å². The molecule has 116 valence electrons. The number of hydrogen-bond donors (Lipinski definition) is 0. The molecule has 0 N–H and O–H groups in total. The fourth-order valence-electron chi connectivity index (χ4n) is 1.56. The van der Waals surface area contributed by atoms with Gasteiger partial charge in [-0.2, -0.15) is 17.9 Å². The summed E-state index contributed by atoms with van der Waals surface area (Å²) in [6, 6.07) is 0. The van der Waals surface area contributed by atoms with Crippen molar-refractivity contribution in [2.75, 3.05) is 12.2 Å². The van der Waals surface area contributed by atoms with Crippen LogP contribution in [0.1, 0.15) is 5.82 Å². The minimum absolute atomic E-state index is 0.0528. The summed E-state index contributed by atoms with van der Waals surface area (Å²) < 4.78 is 39.6. The van der Waals surface area contributed by atoms with E-state index in [1.165, 1.54) is 11.8 Å². The van der Waals surface area contributed by atoms with E-state index in [0.29, 0.717) is 4.73 Å². The van der Waals surface area contributed by atoms with Gasteiger partial charge in [-0.15, -0.1) is 11.8 Å². The summed E-state index contributed by atoms with van der Waals surface area (Å²) in [5.74, 6) is -1.35. The molecule has 1 heterocycles. The Bertz CT molecular complexity index is 704. The Kier molecular flexibility index (Phi) is 5.00. The Morgan fingerprint density at radius 1 is 1.10 bits per heavy atom. The van der Waals surface area contributed by atoms with E-state index in [4.69, 9.17) is 51.2 Å². The van der Waals surface area contributed by atoms with Crippen molar-refractivity contribution in [3.05, 3.63) is 25.9 Å². The number of fused-ring (bicyclic) bond motifs is 1. The average molecular weight is 400 g/mol. The number of halogens is 7. The van der Waals surface area contributed by atoms with Crippen molar-refractivity contribution in [1.82, 2.24) is 9.71 Å². The molecule has 0 fully saturated rings. The smallest absolute Gasteiger partial charge is 0.401 e. The molecule has 3 nitrogen and oxygen atoms in total. The SMILES string of the molecule is CSCOn1c(C(F)(F)F)nc2c(Cl)c(Cl)c(Cl)c(Cl)c21. The predicted octanol–water partition coefficient (Wildman–Crippen LogP) is 5.42. The van der Waals surface area contributed by atoms with E-state index < -0.39 is 12.0 Å². The lowest BCUT2D eigenvalue weighted by atomic mass is 10.3. The van der Waals surface area contributed by atoms with Crippen LogP contribution in [0, 0.1) is 0 Å². The van der Waals surface area contributed by atoms with Crippen LogP contribution in [0.2, 0.25) is 20.1 Å². The maximum atomic E-state index is 13.1. The molecule has 21 heavy (non-hydrogen) atoms. The number of alkyl halides is 3. The number of rotatable bonds is 3. The van der Waals surface area contributed by atoms with Gasteiger partial charge in [0.25, 0.3) is 5.82 Å². The highest BCUT2D eigenvalue weighted by Gasteiger charge is 2.40. The van der Waals surface area contributed by atoms with Crippen LogP contribution in [0.25, 0.3) is 11.0 Å². The quantitative estimate of drug-likeness (QED) is 0.391. The van der Waals surface area contributed by atoms with Gasteiger partial charge in [0.15, 0.2) is 5.94 Å². The number of nitrogens with zero attached hydrogens (tertiary/aromatic N) is 2. The van der Waals surface area contributed by atoms with Gasteiger partial charge < -0.3 is 4.84 Å². The Morgan fingerprint density at radius 3 is 2.19 bits per heavy atom. The van der Waals surface area contributed by atoms with E-state index >= 15 is 0 Å². The lowest BCUT2D eigenvalue weighted by Gasteiger charge is -2.12. The summed E-state index contributed by atoms with van der Waals surface area (Å²) in [7, 11) is 0. The summed E-state index contributed by atoms with van der Waals surface area (Å²) in [5, 5.41) is -0.777. The zero-order valence-corrected chi connectivity index (χ0v) is 13.9. The van der Waals surface area contributed by atoms with Gasteiger partial charge in [0, 0.05) is 0 Å². The first-order valence-electron chi connectivity index (χ1n) is 5.14. The van der Waals surface area contributed by atoms with Gasteiger partial charge in [-0.1, -0.05) is 46.4 Å². The molecule has 2 rings (SSSR count). The van der Waals surface area contributed by atoms with E-state index in [1.54, 1.807) is 6.26 Å². The number of thioether (sulfide) groups is 1. The topological polar surface area (TPSA) is 27.1 Å². The van der Waals surface area contributed by atoms with Crippen LogP contribution in [0.4, 0.5) is 13.2 Å². The minimum Gasteiger partial charge on any atom is -0.401 e. The molecule has 0 aliphatic rings. The van der Waals surface area contributed by atoms with Gasteiger partial charge in [-0.3, -0.25) is 0 Å². The lowest BCUT2D eigenvalue weighted by Crippen LogP contribution is -2.20. The molecule has 2 aromatic rings. The van der Waals surface area contributed by atoms with Crippen LogP contribution in [0.3, 0.4) is 0 Å². The standard InChI is InChI=1S/C10H5Cl4F3N2OS/c1-21-2-20-19-8-6(14)4(12)3(11)5(13)7(8)18-9(19)10(15,16)17/h2H2,1H3. The zero-order chi connectivity index (χ0) is 15.9. The van der Waals surface area contributed by atoms with Crippen LogP contribution in [0.15, 0.2) is 0 Å². The Morgan fingerprint density at radius 2 is 1.67 bits per heavy atom. The van der Waals surface area contributed by atoms with Crippen molar-refractivity contribution in [3.8, 4) is 0 Å². The lowest BCUT2D eigenvalue weighted by molar-refractivity contribution is -0.154. The molecule has 0 radical (unpaired) electrons. The number of imidazole rings is 1. The van der Waals surface area contributed by atoms with E-state index in [2.05, 4.69) is 4.98 Å². The Hall–Kier alpha value is -0.210. The van der Waals surface area contributed by atoms with Gasteiger partial charge in [0.1, 0.15) is 11.0 Å². The molecule has 1 aromatic heterocycles. The highest BCUT2D eigenvalue weighted by atomic mass is 35.5. The molecule has 0 atom stereocenters. The summed E-state index contributed by atoms with van der Waals surface area (Å²) in [6.07, 6.45) is -3.10. The molecule has 0 amide bonds. The minimum atomic E-state index is -4.76. The molecule has 0 unspecified atom stereocenters. The molecule has 0 spiro atoms. The van der Waals surface area contributed by atoms with Gasteiger partial charge in [0.2, 0.25) is 0 Å². The second kappa shape index (κ2) is 6.12. The predicted molar refractivity (Wildman–Crippen MR) is 79.7 cm³/mol. The highest BCUT2D eigenvalue weighted by Crippen LogP contribution is 2.44. The van der Waals surface area contributed by atoms with Gasteiger partial charge >= 0.3 is 6.18 Å². The Labute approximate surface area is 141 Å². The van der Waals surface area contributed by atoms with Crippen molar-refractivity contribution < 1.29 is 18.0 Å². The molecule has 0 bridgehead atoms. The molecule has 0 aliphatic carbocycles. The fraction of sp³-hybridized carbons (Fsp3) is 0.300. The van der Waals surface area contributed by atoms with Crippen LogP contribution in [-0.4, -0.2) is 21.9 Å². The third-order valence-electron chi connectivity index (χ3n) is 2.38. The van der Waals surface area contributed by atoms with Crippen molar-refractivity contribution in [1.29, 1.82) is 0 Å². The van der Waals surface area contributed by atoms with Crippen molar-refractivity contribution in [2.45, 2.75) is 6.18 Å². The molecule has 11 heteroatoms. The first-order valence-corrected chi connectivity index (χ1v) is 8.04. The third-order valence-corrected chi connectivity index (χ3v) is 4.51. The van der Waals surface area contributed by atoms with Crippen LogP contribution < -0.4 is 4.84 Å². The summed E-state index contributed by atoms with van der Waals surface area (Å²) in [4.78, 5) is 8.49. The van der Waals surface area contributed by atoms with E-state index in [-0.39, 0.29) is 37.1 Å². The number of hydrogen-bond acceptors (Lipinski definition) is 3. The molecule has 1 aromatic carbocycles. The number of aromatic nitrogens is 2. The highest BCUT2D eigenvalue weighted by molar-refractivity contribution is 7.98. The van der Waals surface area contributed by atoms with E-state index in [1.807, 2.05) is 0 Å². The van der Waals surface area contributed by atoms with Crippen LogP contribution in [0.5, 0.6) is 0 Å².